The first-order valence-electron chi connectivity index (χ1n) is 9.15. The Labute approximate surface area is 151 Å². The molecule has 0 unspecified atom stereocenters. The summed E-state index contributed by atoms with van der Waals surface area (Å²) in [5, 5.41) is 2.70. The zero-order chi connectivity index (χ0) is 18.3. The second-order valence-electron chi connectivity index (χ2n) is 7.42. The number of halogens is 1. The summed E-state index contributed by atoms with van der Waals surface area (Å²) in [6.45, 7) is 1.57. The smallest absolute Gasteiger partial charge is 0.312 e. The molecule has 1 saturated heterocycles. The maximum Gasteiger partial charge on any atom is 0.312 e. The van der Waals surface area contributed by atoms with Crippen molar-refractivity contribution in [2.24, 2.45) is 0 Å². The predicted octanol–water partition coefficient (Wildman–Crippen LogP) is 0.807. The highest BCUT2D eigenvalue weighted by atomic mass is 19.1. The fourth-order valence-electron chi connectivity index (χ4n) is 3.55. The summed E-state index contributed by atoms with van der Waals surface area (Å²) in [5.74, 6) is -1.33. The Kier molecular flexibility index (Phi) is 4.17. The number of benzene rings is 1. The van der Waals surface area contributed by atoms with Gasteiger partial charge in [0.2, 0.25) is 5.91 Å². The summed E-state index contributed by atoms with van der Waals surface area (Å²) in [6, 6.07) is 6.29. The van der Waals surface area contributed by atoms with E-state index in [2.05, 4.69) is 5.32 Å². The molecule has 2 aliphatic carbocycles. The van der Waals surface area contributed by atoms with Crippen LogP contribution in [0.1, 0.15) is 31.2 Å². The third kappa shape index (κ3) is 3.18. The molecule has 4 rings (SSSR count). The highest BCUT2D eigenvalue weighted by Gasteiger charge is 2.53. The molecule has 0 aromatic heterocycles. The summed E-state index contributed by atoms with van der Waals surface area (Å²) >= 11 is 0. The highest BCUT2D eigenvalue weighted by Crippen LogP contribution is 2.49. The average Bonchev–Trinajstić information content (AvgIpc) is 3.56. The van der Waals surface area contributed by atoms with Gasteiger partial charge in [-0.25, -0.2) is 4.39 Å². The van der Waals surface area contributed by atoms with Gasteiger partial charge in [-0.3, -0.25) is 14.4 Å². The molecule has 1 heterocycles. The summed E-state index contributed by atoms with van der Waals surface area (Å²) in [4.78, 5) is 40.3. The zero-order valence-corrected chi connectivity index (χ0v) is 14.5. The summed E-state index contributed by atoms with van der Waals surface area (Å²) < 4.78 is 13.2. The number of nitrogens with zero attached hydrogens (tertiary/aromatic N) is 2. The van der Waals surface area contributed by atoms with E-state index in [9.17, 15) is 18.8 Å². The van der Waals surface area contributed by atoms with Gasteiger partial charge in [0.25, 0.3) is 0 Å². The number of rotatable bonds is 3. The minimum absolute atomic E-state index is 0.0404. The predicted molar refractivity (Wildman–Crippen MR) is 91.6 cm³/mol. The lowest BCUT2D eigenvalue weighted by molar-refractivity contribution is -0.148. The number of nitrogens with one attached hydrogen (secondary N) is 1. The number of piperazine rings is 1. The van der Waals surface area contributed by atoms with Gasteiger partial charge in [0.05, 0.1) is 5.41 Å². The number of carbonyl (C=O) groups excluding carboxylic acids is 3. The van der Waals surface area contributed by atoms with E-state index in [1.165, 1.54) is 17.0 Å². The Morgan fingerprint density at radius 3 is 2.08 bits per heavy atom. The quantitative estimate of drug-likeness (QED) is 0.812. The number of carbonyl (C=O) groups is 3. The number of hydrogen-bond acceptors (Lipinski definition) is 3. The van der Waals surface area contributed by atoms with Crippen LogP contribution >= 0.6 is 0 Å². The SMILES string of the molecule is O=C(NC1CC1)C(=O)N1CCN(C(=O)C2(c3ccc(F)cc3)CC2)CC1. The third-order valence-electron chi connectivity index (χ3n) is 5.52. The lowest BCUT2D eigenvalue weighted by Gasteiger charge is -2.36. The summed E-state index contributed by atoms with van der Waals surface area (Å²) in [6.07, 6.45) is 3.40. The van der Waals surface area contributed by atoms with E-state index < -0.39 is 17.2 Å². The van der Waals surface area contributed by atoms with Crippen molar-refractivity contribution < 1.29 is 18.8 Å². The van der Waals surface area contributed by atoms with Gasteiger partial charge in [-0.15, -0.1) is 0 Å². The Morgan fingerprint density at radius 2 is 1.54 bits per heavy atom. The van der Waals surface area contributed by atoms with Crippen molar-refractivity contribution in [2.45, 2.75) is 37.1 Å². The normalized spacial score (nSPS) is 21.3. The van der Waals surface area contributed by atoms with E-state index in [1.54, 1.807) is 17.0 Å². The van der Waals surface area contributed by atoms with E-state index in [4.69, 9.17) is 0 Å². The molecule has 26 heavy (non-hydrogen) atoms. The second-order valence-corrected chi connectivity index (χ2v) is 7.42. The Bertz CT molecular complexity index is 733. The van der Waals surface area contributed by atoms with Crippen molar-refractivity contribution in [3.63, 3.8) is 0 Å². The van der Waals surface area contributed by atoms with Crippen molar-refractivity contribution in [2.75, 3.05) is 26.2 Å². The van der Waals surface area contributed by atoms with Crippen LogP contribution < -0.4 is 5.32 Å². The first kappa shape index (κ1) is 17.0. The lowest BCUT2D eigenvalue weighted by Crippen LogP contribution is -2.55. The molecule has 0 radical (unpaired) electrons. The molecule has 3 aliphatic rings. The Hall–Kier alpha value is -2.44. The van der Waals surface area contributed by atoms with Crippen LogP contribution in [0, 0.1) is 5.82 Å². The van der Waals surface area contributed by atoms with E-state index >= 15 is 0 Å². The topological polar surface area (TPSA) is 69.7 Å². The van der Waals surface area contributed by atoms with Crippen LogP contribution in [0.25, 0.3) is 0 Å². The van der Waals surface area contributed by atoms with E-state index in [0.29, 0.717) is 26.2 Å². The van der Waals surface area contributed by atoms with Crippen LogP contribution in [0.2, 0.25) is 0 Å². The number of amides is 3. The zero-order valence-electron chi connectivity index (χ0n) is 14.5. The van der Waals surface area contributed by atoms with Gasteiger partial charge in [0, 0.05) is 32.2 Å². The van der Waals surface area contributed by atoms with Crippen molar-refractivity contribution >= 4 is 17.7 Å². The molecule has 1 aromatic carbocycles. The monoisotopic (exact) mass is 359 g/mol. The van der Waals surface area contributed by atoms with Crippen molar-refractivity contribution in [1.29, 1.82) is 0 Å². The molecule has 7 heteroatoms. The first-order valence-corrected chi connectivity index (χ1v) is 9.15. The van der Waals surface area contributed by atoms with Crippen LogP contribution in [0.4, 0.5) is 4.39 Å². The van der Waals surface area contributed by atoms with Crippen LogP contribution in [-0.4, -0.2) is 59.7 Å². The molecule has 138 valence electrons. The molecule has 1 aliphatic heterocycles. The van der Waals surface area contributed by atoms with Crippen LogP contribution in [0.3, 0.4) is 0 Å². The van der Waals surface area contributed by atoms with Crippen LogP contribution in [0.5, 0.6) is 0 Å². The molecule has 0 spiro atoms. The fourth-order valence-corrected chi connectivity index (χ4v) is 3.55. The standard InChI is InChI=1S/C19H22FN3O3/c20-14-3-1-13(2-4-14)19(7-8-19)18(26)23-11-9-22(10-12-23)17(25)16(24)21-15-5-6-15/h1-4,15H,5-12H2,(H,21,24). The van der Waals surface area contributed by atoms with Gasteiger partial charge < -0.3 is 15.1 Å². The molecule has 6 nitrogen and oxygen atoms in total. The van der Waals surface area contributed by atoms with E-state index in [1.807, 2.05) is 0 Å². The van der Waals surface area contributed by atoms with E-state index in [-0.39, 0.29) is 17.8 Å². The van der Waals surface area contributed by atoms with Crippen LogP contribution in [-0.2, 0) is 19.8 Å². The Balaban J connectivity index is 1.35. The van der Waals surface area contributed by atoms with E-state index in [0.717, 1.165) is 31.2 Å². The van der Waals surface area contributed by atoms with Crippen molar-refractivity contribution in [3.05, 3.63) is 35.6 Å². The minimum Gasteiger partial charge on any atom is -0.345 e. The van der Waals surface area contributed by atoms with Crippen molar-refractivity contribution in [1.82, 2.24) is 15.1 Å². The van der Waals surface area contributed by atoms with Gasteiger partial charge in [0.15, 0.2) is 0 Å². The van der Waals surface area contributed by atoms with Gasteiger partial charge in [-0.1, -0.05) is 12.1 Å². The van der Waals surface area contributed by atoms with Gasteiger partial charge in [-0.05, 0) is 43.4 Å². The maximum atomic E-state index is 13.2. The molecule has 3 fully saturated rings. The fraction of sp³-hybridized carbons (Fsp3) is 0.526. The lowest BCUT2D eigenvalue weighted by atomic mass is 9.94. The molecular weight excluding hydrogens is 337 g/mol. The van der Waals surface area contributed by atoms with Gasteiger partial charge in [0.1, 0.15) is 5.82 Å². The number of hydrogen-bond donors (Lipinski definition) is 1. The van der Waals surface area contributed by atoms with Gasteiger partial charge in [-0.2, -0.15) is 0 Å². The van der Waals surface area contributed by atoms with Gasteiger partial charge >= 0.3 is 11.8 Å². The molecule has 0 atom stereocenters. The molecular formula is C19H22FN3O3. The van der Waals surface area contributed by atoms with Crippen molar-refractivity contribution in [3.8, 4) is 0 Å². The highest BCUT2D eigenvalue weighted by molar-refractivity contribution is 6.35. The molecule has 1 N–H and O–H groups in total. The molecule has 3 amide bonds. The first-order chi connectivity index (χ1) is 12.5. The molecule has 2 saturated carbocycles. The largest absolute Gasteiger partial charge is 0.345 e. The third-order valence-corrected chi connectivity index (χ3v) is 5.52. The summed E-state index contributed by atoms with van der Waals surface area (Å²) in [5.41, 5.74) is 0.315. The summed E-state index contributed by atoms with van der Waals surface area (Å²) in [7, 11) is 0. The maximum absolute atomic E-state index is 13.2. The van der Waals surface area contributed by atoms with Crippen LogP contribution in [0.15, 0.2) is 24.3 Å². The average molecular weight is 359 g/mol. The molecule has 1 aromatic rings. The molecule has 0 bridgehead atoms. The second kappa shape index (κ2) is 6.37. The Morgan fingerprint density at radius 1 is 0.962 bits per heavy atom. The minimum atomic E-state index is -0.544.